The summed E-state index contributed by atoms with van der Waals surface area (Å²) in [5.74, 6) is 0.334. The zero-order chi connectivity index (χ0) is 15.4. The summed E-state index contributed by atoms with van der Waals surface area (Å²) >= 11 is 0. The lowest BCUT2D eigenvalue weighted by atomic mass is 9.81. The molecule has 5 heteroatoms. The first-order valence-corrected chi connectivity index (χ1v) is 8.29. The molecule has 22 heavy (non-hydrogen) atoms. The molecule has 0 aromatic carbocycles. The van der Waals surface area contributed by atoms with Gasteiger partial charge in [-0.05, 0) is 37.9 Å². The van der Waals surface area contributed by atoms with Crippen LogP contribution < -0.4 is 5.32 Å². The fourth-order valence-corrected chi connectivity index (χ4v) is 3.48. The first-order valence-electron chi connectivity index (χ1n) is 8.29. The second-order valence-electron chi connectivity index (χ2n) is 6.77. The summed E-state index contributed by atoms with van der Waals surface area (Å²) in [5, 5.41) is 3.37. The van der Waals surface area contributed by atoms with Crippen molar-refractivity contribution in [2.45, 2.75) is 26.3 Å². The lowest BCUT2D eigenvalue weighted by molar-refractivity contribution is -0.144. The van der Waals surface area contributed by atoms with E-state index in [-0.39, 0.29) is 5.41 Å². The van der Waals surface area contributed by atoms with Crippen molar-refractivity contribution >= 4 is 5.91 Å². The van der Waals surface area contributed by atoms with Gasteiger partial charge in [-0.1, -0.05) is 6.07 Å². The number of hydrogen-bond donors (Lipinski definition) is 1. The van der Waals surface area contributed by atoms with E-state index >= 15 is 0 Å². The summed E-state index contributed by atoms with van der Waals surface area (Å²) in [5.41, 5.74) is 1.04. The topological polar surface area (TPSA) is 48.5 Å². The Morgan fingerprint density at radius 2 is 2.18 bits per heavy atom. The van der Waals surface area contributed by atoms with Crippen molar-refractivity contribution in [3.63, 3.8) is 0 Å². The number of nitrogens with one attached hydrogen (secondary N) is 1. The van der Waals surface area contributed by atoms with Crippen LogP contribution in [0.1, 0.15) is 25.3 Å². The molecule has 1 unspecified atom stereocenters. The van der Waals surface area contributed by atoms with Crippen LogP contribution >= 0.6 is 0 Å². The van der Waals surface area contributed by atoms with Crippen molar-refractivity contribution < 1.29 is 4.79 Å². The third-order valence-electron chi connectivity index (χ3n) is 4.90. The molecule has 1 aromatic heterocycles. The Kier molecular flexibility index (Phi) is 4.74. The van der Waals surface area contributed by atoms with E-state index in [4.69, 9.17) is 0 Å². The predicted molar refractivity (Wildman–Crippen MR) is 86.3 cm³/mol. The van der Waals surface area contributed by atoms with E-state index in [9.17, 15) is 4.79 Å². The molecule has 3 heterocycles. The molecule has 1 atom stereocenters. The van der Waals surface area contributed by atoms with Crippen LogP contribution in [0.15, 0.2) is 24.5 Å². The number of amides is 1. The summed E-state index contributed by atoms with van der Waals surface area (Å²) in [6, 6.07) is 4.09. The molecule has 2 saturated heterocycles. The first kappa shape index (κ1) is 15.4. The third-order valence-corrected chi connectivity index (χ3v) is 4.90. The van der Waals surface area contributed by atoms with Gasteiger partial charge in [0, 0.05) is 51.7 Å². The Morgan fingerprint density at radius 1 is 1.36 bits per heavy atom. The summed E-state index contributed by atoms with van der Waals surface area (Å²) in [4.78, 5) is 21.4. The monoisotopic (exact) mass is 302 g/mol. The number of rotatable bonds is 3. The van der Waals surface area contributed by atoms with Gasteiger partial charge in [-0.25, -0.2) is 0 Å². The maximum absolute atomic E-state index is 12.8. The van der Waals surface area contributed by atoms with Gasteiger partial charge in [0.1, 0.15) is 0 Å². The summed E-state index contributed by atoms with van der Waals surface area (Å²) in [6.07, 6.45) is 5.84. The maximum atomic E-state index is 12.8. The summed E-state index contributed by atoms with van der Waals surface area (Å²) in [7, 11) is 0. The average molecular weight is 302 g/mol. The molecule has 2 fully saturated rings. The van der Waals surface area contributed by atoms with Gasteiger partial charge in [-0.15, -0.1) is 0 Å². The quantitative estimate of drug-likeness (QED) is 0.909. The normalized spacial score (nSPS) is 26.9. The van der Waals surface area contributed by atoms with Gasteiger partial charge in [-0.3, -0.25) is 14.7 Å². The number of aromatic nitrogens is 1. The molecule has 1 aromatic rings. The zero-order valence-corrected chi connectivity index (χ0v) is 13.4. The number of carbonyl (C=O) groups excluding carboxylic acids is 1. The van der Waals surface area contributed by atoms with Crippen molar-refractivity contribution in [1.82, 2.24) is 20.1 Å². The highest BCUT2D eigenvalue weighted by Gasteiger charge is 2.38. The van der Waals surface area contributed by atoms with Crippen LogP contribution in [0.4, 0.5) is 0 Å². The Hall–Kier alpha value is -1.46. The molecular weight excluding hydrogens is 276 g/mol. The Labute approximate surface area is 132 Å². The number of hydrogen-bond acceptors (Lipinski definition) is 4. The molecule has 2 aliphatic rings. The highest BCUT2D eigenvalue weighted by Crippen LogP contribution is 2.28. The molecule has 0 radical (unpaired) electrons. The van der Waals surface area contributed by atoms with Crippen molar-refractivity contribution in [1.29, 1.82) is 0 Å². The van der Waals surface area contributed by atoms with Crippen LogP contribution in [0.5, 0.6) is 0 Å². The number of piperazine rings is 1. The molecule has 0 spiro atoms. The van der Waals surface area contributed by atoms with Crippen LogP contribution in [-0.2, 0) is 11.3 Å². The largest absolute Gasteiger partial charge is 0.340 e. The van der Waals surface area contributed by atoms with Crippen molar-refractivity contribution in [3.05, 3.63) is 30.1 Å². The molecule has 1 amide bonds. The number of carbonyl (C=O) groups is 1. The van der Waals surface area contributed by atoms with Gasteiger partial charge < -0.3 is 10.2 Å². The fraction of sp³-hybridized carbons (Fsp3) is 0.647. The van der Waals surface area contributed by atoms with Gasteiger partial charge in [0.05, 0.1) is 5.41 Å². The van der Waals surface area contributed by atoms with Crippen molar-refractivity contribution in [2.24, 2.45) is 5.41 Å². The molecule has 120 valence electrons. The highest BCUT2D eigenvalue weighted by atomic mass is 16.2. The Balaban J connectivity index is 1.52. The number of pyridine rings is 1. The van der Waals surface area contributed by atoms with Crippen LogP contribution in [0.25, 0.3) is 0 Å². The second-order valence-corrected chi connectivity index (χ2v) is 6.77. The molecule has 0 aliphatic carbocycles. The van der Waals surface area contributed by atoms with E-state index in [2.05, 4.69) is 33.1 Å². The first-order chi connectivity index (χ1) is 10.7. The van der Waals surface area contributed by atoms with Gasteiger partial charge in [0.15, 0.2) is 0 Å². The molecule has 3 rings (SSSR count). The van der Waals surface area contributed by atoms with Crippen LogP contribution in [0.2, 0.25) is 0 Å². The van der Waals surface area contributed by atoms with Crippen LogP contribution in [-0.4, -0.2) is 60.0 Å². The summed E-state index contributed by atoms with van der Waals surface area (Å²) < 4.78 is 0. The van der Waals surface area contributed by atoms with Gasteiger partial charge in [0.2, 0.25) is 5.91 Å². The fourth-order valence-electron chi connectivity index (χ4n) is 3.48. The van der Waals surface area contributed by atoms with Gasteiger partial charge in [0.25, 0.3) is 0 Å². The highest BCUT2D eigenvalue weighted by molar-refractivity contribution is 5.82. The van der Waals surface area contributed by atoms with Crippen molar-refractivity contribution in [2.75, 3.05) is 39.3 Å². The average Bonchev–Trinajstić information content (AvgIpc) is 2.56. The van der Waals surface area contributed by atoms with Crippen LogP contribution in [0, 0.1) is 5.41 Å². The van der Waals surface area contributed by atoms with E-state index in [0.717, 1.165) is 58.7 Å². The lowest BCUT2D eigenvalue weighted by Crippen LogP contribution is -2.55. The van der Waals surface area contributed by atoms with E-state index in [0.29, 0.717) is 5.91 Å². The SMILES string of the molecule is CC1(C(=O)N2CCN(Cc3cccnc3)CC2)CCCNC1. The minimum absolute atomic E-state index is 0.205. The molecule has 0 saturated carbocycles. The van der Waals surface area contributed by atoms with E-state index in [1.807, 2.05) is 12.3 Å². The third kappa shape index (κ3) is 3.47. The van der Waals surface area contributed by atoms with E-state index in [1.54, 1.807) is 6.20 Å². The van der Waals surface area contributed by atoms with E-state index in [1.165, 1.54) is 5.56 Å². The van der Waals surface area contributed by atoms with Crippen LogP contribution in [0.3, 0.4) is 0 Å². The lowest BCUT2D eigenvalue weighted by Gasteiger charge is -2.41. The molecule has 2 aliphatic heterocycles. The molecule has 1 N–H and O–H groups in total. The Bertz CT molecular complexity index is 491. The molecular formula is C17H26N4O. The smallest absolute Gasteiger partial charge is 0.229 e. The Morgan fingerprint density at radius 3 is 2.82 bits per heavy atom. The molecule has 0 bridgehead atoms. The minimum Gasteiger partial charge on any atom is -0.340 e. The maximum Gasteiger partial charge on any atom is 0.229 e. The van der Waals surface area contributed by atoms with Crippen molar-refractivity contribution in [3.8, 4) is 0 Å². The number of piperidine rings is 1. The second kappa shape index (κ2) is 6.75. The summed E-state index contributed by atoms with van der Waals surface area (Å²) in [6.45, 7) is 8.49. The van der Waals surface area contributed by atoms with Gasteiger partial charge >= 0.3 is 0 Å². The van der Waals surface area contributed by atoms with Gasteiger partial charge in [-0.2, -0.15) is 0 Å². The standard InChI is InChI=1S/C17H26N4O/c1-17(5-3-7-19-14-17)16(22)21-10-8-20(9-11-21)13-15-4-2-6-18-12-15/h2,4,6,12,19H,3,5,7-11,13-14H2,1H3. The van der Waals surface area contributed by atoms with E-state index < -0.39 is 0 Å². The predicted octanol–water partition coefficient (Wildman–Crippen LogP) is 1.12. The molecule has 5 nitrogen and oxygen atoms in total. The minimum atomic E-state index is -0.205. The number of nitrogens with zero attached hydrogens (tertiary/aromatic N) is 3. The zero-order valence-electron chi connectivity index (χ0n) is 13.4.